The third kappa shape index (κ3) is 4.06. The number of rotatable bonds is 6. The van der Waals surface area contributed by atoms with Crippen molar-refractivity contribution in [1.82, 2.24) is 15.0 Å². The van der Waals surface area contributed by atoms with Gasteiger partial charge in [-0.05, 0) is 40.6 Å². The highest BCUT2D eigenvalue weighted by molar-refractivity contribution is 5.84. The first-order valence-electron chi connectivity index (χ1n) is 10.3. The molecule has 6 heteroatoms. The molecule has 5 rings (SSSR count). The van der Waals surface area contributed by atoms with Gasteiger partial charge < -0.3 is 15.4 Å². The fourth-order valence-corrected chi connectivity index (χ4v) is 3.55. The van der Waals surface area contributed by atoms with Gasteiger partial charge in [-0.25, -0.2) is 9.97 Å². The molecule has 0 spiro atoms. The molecule has 0 unspecified atom stereocenters. The molecule has 0 bridgehead atoms. The summed E-state index contributed by atoms with van der Waals surface area (Å²) in [5, 5.41) is 2.22. The van der Waals surface area contributed by atoms with Gasteiger partial charge in [0, 0.05) is 6.20 Å². The first-order valence-corrected chi connectivity index (χ1v) is 10.3. The van der Waals surface area contributed by atoms with Crippen LogP contribution in [0.15, 0.2) is 104 Å². The Labute approximate surface area is 186 Å². The smallest absolute Gasteiger partial charge is 0.248 e. The lowest BCUT2D eigenvalue weighted by Crippen LogP contribution is -2.20. The van der Waals surface area contributed by atoms with Gasteiger partial charge >= 0.3 is 0 Å². The first-order chi connectivity index (χ1) is 15.8. The normalized spacial score (nSPS) is 10.8. The summed E-state index contributed by atoms with van der Waals surface area (Å²) in [4.78, 5) is 15.2. The average molecular weight is 419 g/mol. The molecule has 0 atom stereocenters. The summed E-state index contributed by atoms with van der Waals surface area (Å²) in [5.74, 6) is 2.24. The minimum absolute atomic E-state index is 0.305. The Balaban J connectivity index is 1.51. The lowest BCUT2D eigenvalue weighted by molar-refractivity contribution is 0.465. The second kappa shape index (κ2) is 8.73. The summed E-state index contributed by atoms with van der Waals surface area (Å²) in [6, 6.07) is 29.8. The van der Waals surface area contributed by atoms with Crippen molar-refractivity contribution >= 4 is 28.1 Å². The number of ether oxygens (including phenoxy) is 1. The summed E-state index contributed by atoms with van der Waals surface area (Å²) in [7, 11) is 0. The van der Waals surface area contributed by atoms with Crippen LogP contribution in [-0.2, 0) is 6.54 Å². The SMILES string of the molecule is Nc1c(Oc2ccc3ccccc3c2)ncnc1N(Cc1ccccc1)c1ccccn1. The van der Waals surface area contributed by atoms with E-state index in [1.165, 1.54) is 6.33 Å². The van der Waals surface area contributed by atoms with Crippen molar-refractivity contribution in [1.29, 1.82) is 0 Å². The summed E-state index contributed by atoms with van der Waals surface area (Å²) < 4.78 is 6.07. The van der Waals surface area contributed by atoms with E-state index in [1.54, 1.807) is 6.20 Å². The van der Waals surface area contributed by atoms with E-state index in [0.717, 1.165) is 22.2 Å². The molecule has 5 aromatic rings. The minimum atomic E-state index is 0.305. The molecule has 0 fully saturated rings. The number of anilines is 3. The Kier molecular flexibility index (Phi) is 5.32. The number of benzene rings is 3. The van der Waals surface area contributed by atoms with Gasteiger partial charge in [0.2, 0.25) is 5.88 Å². The van der Waals surface area contributed by atoms with Gasteiger partial charge in [0.05, 0.1) is 6.54 Å². The van der Waals surface area contributed by atoms with Crippen LogP contribution in [0.3, 0.4) is 0 Å². The highest BCUT2D eigenvalue weighted by atomic mass is 16.5. The number of hydrogen-bond donors (Lipinski definition) is 1. The number of nitrogen functional groups attached to an aromatic ring is 1. The van der Waals surface area contributed by atoms with Crippen LogP contribution >= 0.6 is 0 Å². The van der Waals surface area contributed by atoms with Crippen LogP contribution in [-0.4, -0.2) is 15.0 Å². The molecule has 0 radical (unpaired) electrons. The zero-order chi connectivity index (χ0) is 21.8. The Morgan fingerprint density at radius 1 is 0.750 bits per heavy atom. The maximum Gasteiger partial charge on any atom is 0.248 e. The zero-order valence-electron chi connectivity index (χ0n) is 17.3. The first kappa shape index (κ1) is 19.5. The third-order valence-corrected chi connectivity index (χ3v) is 5.13. The molecular formula is C26H21N5O. The number of pyridine rings is 1. The molecule has 2 N–H and O–H groups in total. The predicted octanol–water partition coefficient (Wildman–Crippen LogP) is 5.74. The van der Waals surface area contributed by atoms with E-state index in [4.69, 9.17) is 10.5 Å². The lowest BCUT2D eigenvalue weighted by atomic mass is 10.1. The third-order valence-electron chi connectivity index (χ3n) is 5.13. The highest BCUT2D eigenvalue weighted by Crippen LogP contribution is 2.35. The van der Waals surface area contributed by atoms with Crippen LogP contribution in [0, 0.1) is 0 Å². The van der Waals surface area contributed by atoms with Gasteiger partial charge in [-0.3, -0.25) is 0 Å². The second-order valence-electron chi connectivity index (χ2n) is 7.29. The molecule has 2 aromatic heterocycles. The molecule has 0 saturated heterocycles. The van der Waals surface area contributed by atoms with E-state index in [9.17, 15) is 0 Å². The van der Waals surface area contributed by atoms with Gasteiger partial charge in [-0.15, -0.1) is 0 Å². The van der Waals surface area contributed by atoms with Crippen molar-refractivity contribution in [3.8, 4) is 11.6 Å². The monoisotopic (exact) mass is 419 g/mol. The molecule has 156 valence electrons. The number of aromatic nitrogens is 3. The van der Waals surface area contributed by atoms with E-state index in [-0.39, 0.29) is 0 Å². The molecule has 2 heterocycles. The van der Waals surface area contributed by atoms with Crippen molar-refractivity contribution in [2.45, 2.75) is 6.54 Å². The Hall–Kier alpha value is -4.45. The van der Waals surface area contributed by atoms with Gasteiger partial charge in [0.15, 0.2) is 5.82 Å². The zero-order valence-corrected chi connectivity index (χ0v) is 17.3. The molecule has 0 amide bonds. The number of nitrogens with two attached hydrogens (primary N) is 1. The molecule has 0 aliphatic rings. The molecule has 0 aliphatic carbocycles. The largest absolute Gasteiger partial charge is 0.437 e. The summed E-state index contributed by atoms with van der Waals surface area (Å²) >= 11 is 0. The maximum absolute atomic E-state index is 6.52. The number of nitrogens with zero attached hydrogens (tertiary/aromatic N) is 4. The van der Waals surface area contributed by atoms with Crippen molar-refractivity contribution in [3.05, 3.63) is 109 Å². The maximum atomic E-state index is 6.52. The molecule has 6 nitrogen and oxygen atoms in total. The standard InChI is InChI=1S/C26H21N5O/c27-24-25(31(23-12-6-7-15-28-23)17-19-8-2-1-3-9-19)29-18-30-26(24)32-22-14-13-20-10-4-5-11-21(20)16-22/h1-16,18H,17,27H2. The van der Waals surface area contributed by atoms with E-state index < -0.39 is 0 Å². The van der Waals surface area contributed by atoms with Gasteiger partial charge in [0.25, 0.3) is 0 Å². The molecule has 3 aromatic carbocycles. The lowest BCUT2D eigenvalue weighted by Gasteiger charge is -2.24. The Bertz CT molecular complexity index is 1340. The van der Waals surface area contributed by atoms with Crippen molar-refractivity contribution in [2.24, 2.45) is 0 Å². The van der Waals surface area contributed by atoms with Crippen LogP contribution in [0.2, 0.25) is 0 Å². The molecule has 0 saturated carbocycles. The van der Waals surface area contributed by atoms with Crippen LogP contribution in [0.4, 0.5) is 17.3 Å². The van der Waals surface area contributed by atoms with E-state index in [2.05, 4.69) is 33.2 Å². The van der Waals surface area contributed by atoms with Crippen LogP contribution in [0.1, 0.15) is 5.56 Å². The van der Waals surface area contributed by atoms with Gasteiger partial charge in [-0.2, -0.15) is 4.98 Å². The van der Waals surface area contributed by atoms with Crippen LogP contribution < -0.4 is 15.4 Å². The fourth-order valence-electron chi connectivity index (χ4n) is 3.55. The number of fused-ring (bicyclic) bond motifs is 1. The quantitative estimate of drug-likeness (QED) is 0.378. The summed E-state index contributed by atoms with van der Waals surface area (Å²) in [6.07, 6.45) is 3.21. The Morgan fingerprint density at radius 2 is 1.53 bits per heavy atom. The Morgan fingerprint density at radius 3 is 2.34 bits per heavy atom. The van der Waals surface area contributed by atoms with E-state index in [1.807, 2.05) is 77.7 Å². The summed E-state index contributed by atoms with van der Waals surface area (Å²) in [5.41, 5.74) is 7.97. The van der Waals surface area contributed by atoms with Crippen LogP contribution in [0.5, 0.6) is 11.6 Å². The molecular weight excluding hydrogens is 398 g/mol. The van der Waals surface area contributed by atoms with Crippen LogP contribution in [0.25, 0.3) is 10.8 Å². The van der Waals surface area contributed by atoms with Gasteiger partial charge in [0.1, 0.15) is 23.6 Å². The minimum Gasteiger partial charge on any atom is -0.437 e. The molecule has 32 heavy (non-hydrogen) atoms. The summed E-state index contributed by atoms with van der Waals surface area (Å²) in [6.45, 7) is 0.550. The highest BCUT2D eigenvalue weighted by Gasteiger charge is 2.19. The average Bonchev–Trinajstić information content (AvgIpc) is 2.85. The van der Waals surface area contributed by atoms with E-state index >= 15 is 0 Å². The predicted molar refractivity (Wildman–Crippen MR) is 127 cm³/mol. The van der Waals surface area contributed by atoms with Crippen molar-refractivity contribution in [2.75, 3.05) is 10.6 Å². The van der Waals surface area contributed by atoms with Gasteiger partial charge in [-0.1, -0.05) is 66.7 Å². The second-order valence-corrected chi connectivity index (χ2v) is 7.29. The molecule has 0 aliphatic heterocycles. The number of hydrogen-bond acceptors (Lipinski definition) is 6. The van der Waals surface area contributed by atoms with E-state index in [0.29, 0.717) is 29.7 Å². The van der Waals surface area contributed by atoms with Crippen molar-refractivity contribution < 1.29 is 4.74 Å². The fraction of sp³-hybridized carbons (Fsp3) is 0.0385. The topological polar surface area (TPSA) is 77.2 Å². The van der Waals surface area contributed by atoms with Crippen molar-refractivity contribution in [3.63, 3.8) is 0 Å².